The summed E-state index contributed by atoms with van der Waals surface area (Å²) in [6, 6.07) is 0. The molecule has 0 heterocycles. The molecule has 18 aliphatic carbocycles. The Kier molecular flexibility index (Phi) is 28.0. The maximum Gasteiger partial charge on any atom is 0.311 e. The molecule has 18 rings (SSSR count). The number of carbonyl (C=O) groups is 6. The van der Waals surface area contributed by atoms with E-state index in [1.165, 1.54) is 109 Å². The van der Waals surface area contributed by atoms with Crippen LogP contribution in [0, 0.1) is 170 Å². The lowest BCUT2D eigenvalue weighted by Crippen LogP contribution is -2.48. The highest BCUT2D eigenvalue weighted by Crippen LogP contribution is 2.73. The van der Waals surface area contributed by atoms with Crippen LogP contribution in [0.15, 0.2) is 0 Å². The van der Waals surface area contributed by atoms with Crippen LogP contribution in [0.2, 0.25) is 0 Å². The quantitative estimate of drug-likeness (QED) is 0.0309. The van der Waals surface area contributed by atoms with Gasteiger partial charge in [-0.1, -0.05) is 104 Å². The van der Waals surface area contributed by atoms with Gasteiger partial charge in [0.1, 0.15) is 18.3 Å². The fraction of sp³-hybridized carbons (Fsp3) is 0.933. The lowest BCUT2D eigenvalue weighted by atomic mass is 9.50. The van der Waals surface area contributed by atoms with Gasteiger partial charge in [-0.15, -0.1) is 0 Å². The Bertz CT molecular complexity index is 2890. The third kappa shape index (κ3) is 16.5. The summed E-state index contributed by atoms with van der Waals surface area (Å²) < 4.78 is 52.9. The zero-order valence-corrected chi connectivity index (χ0v) is 62.3. The summed E-state index contributed by atoms with van der Waals surface area (Å²) >= 11 is 0. The Morgan fingerprint density at radius 1 is 0.352 bits per heavy atom. The molecule has 18 fully saturated rings. The van der Waals surface area contributed by atoms with Crippen molar-refractivity contribution in [1.29, 1.82) is 0 Å². The molecule has 602 valence electrons. The Balaban J connectivity index is 0.000000178. The van der Waals surface area contributed by atoms with Gasteiger partial charge in [0.2, 0.25) is 0 Å². The first-order chi connectivity index (χ1) is 47.5. The number of rotatable bonds is 23. The smallest absolute Gasteiger partial charge is 0.311 e. The molecule has 0 aromatic rings. The van der Waals surface area contributed by atoms with Gasteiger partial charge < -0.3 is 42.6 Å². The van der Waals surface area contributed by atoms with Crippen molar-refractivity contribution in [2.75, 3.05) is 33.6 Å². The van der Waals surface area contributed by atoms with Crippen LogP contribution >= 0.6 is 0 Å². The Morgan fingerprint density at radius 2 is 0.667 bits per heavy atom. The summed E-state index contributed by atoms with van der Waals surface area (Å²) in [5, 5.41) is 0. The van der Waals surface area contributed by atoms with Gasteiger partial charge in [0.25, 0.3) is 0 Å². The van der Waals surface area contributed by atoms with Crippen LogP contribution < -0.4 is 0 Å². The molecule has 0 aromatic carbocycles. The van der Waals surface area contributed by atoms with Crippen LogP contribution in [0.4, 0.5) is 0 Å². The van der Waals surface area contributed by atoms with Gasteiger partial charge in [0.05, 0.1) is 53.3 Å². The van der Waals surface area contributed by atoms with Crippen molar-refractivity contribution in [3.05, 3.63) is 0 Å². The lowest BCUT2D eigenvalue weighted by Gasteiger charge is -2.56. The maximum atomic E-state index is 13.2. The molecular formula is C90H152O15. The molecule has 0 aromatic heterocycles. The van der Waals surface area contributed by atoms with E-state index in [9.17, 15) is 28.8 Å². The molecule has 105 heavy (non-hydrogen) atoms. The molecule has 15 nitrogen and oxygen atoms in total. The number of fused-ring (bicyclic) bond motifs is 27. The summed E-state index contributed by atoms with van der Waals surface area (Å²) in [5.41, 5.74) is -0.887. The lowest BCUT2D eigenvalue weighted by molar-refractivity contribution is -0.175. The Hall–Kier alpha value is -3.30. The van der Waals surface area contributed by atoms with E-state index in [1.54, 1.807) is 0 Å². The van der Waals surface area contributed by atoms with Gasteiger partial charge in [-0.25, -0.2) is 0 Å². The number of carbonyl (C=O) groups excluding carboxylic acids is 6. The predicted molar refractivity (Wildman–Crippen MR) is 411 cm³/mol. The fourth-order valence-corrected chi connectivity index (χ4v) is 27.4. The first-order valence-corrected chi connectivity index (χ1v) is 41.4. The number of ether oxygens (including phenoxy) is 9. The Morgan fingerprint density at radius 3 is 1.02 bits per heavy atom. The van der Waals surface area contributed by atoms with E-state index in [2.05, 4.69) is 6.92 Å². The van der Waals surface area contributed by atoms with Crippen LogP contribution in [0.5, 0.6) is 0 Å². The monoisotopic (exact) mass is 1470 g/mol. The third-order valence-corrected chi connectivity index (χ3v) is 32.5. The third-order valence-electron chi connectivity index (χ3n) is 32.5. The number of esters is 6. The van der Waals surface area contributed by atoms with Gasteiger partial charge in [-0.3, -0.25) is 28.8 Å². The molecule has 24 unspecified atom stereocenters. The van der Waals surface area contributed by atoms with Crippen molar-refractivity contribution >= 4 is 35.8 Å². The van der Waals surface area contributed by atoms with Crippen molar-refractivity contribution in [2.24, 2.45) is 170 Å². The highest BCUT2D eigenvalue weighted by molar-refractivity contribution is 5.78. The normalized spacial score (nSPS) is 41.5. The second-order valence-corrected chi connectivity index (χ2v) is 39.0. The first-order valence-electron chi connectivity index (χ1n) is 41.4. The van der Waals surface area contributed by atoms with Crippen molar-refractivity contribution in [2.45, 2.75) is 330 Å². The second kappa shape index (κ2) is 34.4. The zero-order valence-electron chi connectivity index (χ0n) is 62.3. The molecule has 15 heteroatoms. The first kappa shape index (κ1) is 85.7. The van der Waals surface area contributed by atoms with Crippen LogP contribution in [-0.2, 0) is 71.4 Å². The zero-order chi connectivity index (χ0) is 69.0. The van der Waals surface area contributed by atoms with Gasteiger partial charge in [-0.05, 0) is 338 Å². The highest BCUT2D eigenvalue weighted by atomic mass is 16.7. The van der Waals surface area contributed by atoms with Crippen molar-refractivity contribution in [3.8, 4) is 0 Å². The van der Waals surface area contributed by atoms with Gasteiger partial charge in [0, 0.05) is 0 Å². The molecular weight excluding hydrogens is 1320 g/mol. The highest BCUT2D eigenvalue weighted by Gasteiger charge is 2.70. The minimum atomic E-state index is -0.418. The molecule has 0 saturated heterocycles. The van der Waals surface area contributed by atoms with Gasteiger partial charge in [-0.2, -0.15) is 0 Å². The minimum Gasteiger partial charge on any atom is -0.462 e. The summed E-state index contributed by atoms with van der Waals surface area (Å²) in [6.45, 7) is 19.9. The number of hydrogen-bond donors (Lipinski definition) is 0. The largest absolute Gasteiger partial charge is 0.462 e. The van der Waals surface area contributed by atoms with Crippen molar-refractivity contribution in [3.63, 3.8) is 0 Å². The predicted octanol–water partition coefficient (Wildman–Crippen LogP) is 20.3. The molecule has 0 radical (unpaired) electrons. The van der Waals surface area contributed by atoms with E-state index >= 15 is 0 Å². The average Bonchev–Trinajstić information content (AvgIpc) is 1.57. The van der Waals surface area contributed by atoms with E-state index in [1.807, 2.05) is 55.4 Å². The summed E-state index contributed by atoms with van der Waals surface area (Å²) in [4.78, 5) is 77.2. The topological polar surface area (TPSA) is 185 Å². The molecule has 0 spiro atoms. The molecule has 16 bridgehead atoms. The summed E-state index contributed by atoms with van der Waals surface area (Å²) in [7, 11) is 0. The van der Waals surface area contributed by atoms with E-state index in [-0.39, 0.29) is 143 Å². The van der Waals surface area contributed by atoms with Crippen LogP contribution in [0.3, 0.4) is 0 Å². The average molecular weight is 1470 g/mol. The molecule has 18 saturated carbocycles. The van der Waals surface area contributed by atoms with Crippen molar-refractivity contribution < 1.29 is 71.4 Å². The summed E-state index contributed by atoms with van der Waals surface area (Å²) in [6.07, 6.45) is 36.5. The van der Waals surface area contributed by atoms with E-state index < -0.39 is 16.2 Å². The Labute approximate surface area is 637 Å². The molecule has 0 aliphatic heterocycles. The molecule has 0 N–H and O–H groups in total. The van der Waals surface area contributed by atoms with Gasteiger partial charge >= 0.3 is 35.8 Å². The second-order valence-electron chi connectivity index (χ2n) is 39.0. The maximum absolute atomic E-state index is 13.2. The SMILES string of the molecule is C.C.C.C.C.C.CCC(C)(C)C(=O)OC1CC2CC1C1C3CC(CC3C(=O)OCOC3CCCCC3)C21.CCC(C)(C)C(=O)OC1CC2CC1C1C3CC(CC3C(=O)OCOCC34CC5CC(CC(C5)C3)C4)C21.CCC(C)(C)C(=O)OC1CC2CC1C1C3CC(CC3C(=O)OCOCC3CCCCC3)C21. The van der Waals surface area contributed by atoms with Crippen LogP contribution in [0.1, 0.15) is 306 Å². The standard InChI is InChI=1S/C31H46O5.C27H42O5.C26H40O5.6CH4/c1-4-30(2,3)29(33)36-25-11-21-10-24(25)27-22-8-20(26(21)27)9-23(22)28(32)35-16-34-15-31-12-17-5-18(13-31)7-19(6-17)14-31;1-4-27(2,3)26(29)32-22-13-18-12-21(22)24-19-10-17(23(18)24)11-20(19)25(28)31-15-30-14-16-8-6-5-7-9-16;1-4-26(2,3)25(28)31-21-13-16-12-20(21)23-18-10-15(22(16)23)11-19(18)24(27)30-14-29-17-8-6-5-7-9-17;;;;;;/h17-27H,4-16H2,1-3H3;16-24H,4-15H2,1-3H3;15-23H,4-14H2,1-3H3;6*1H4. The molecule has 18 aliphatic rings. The van der Waals surface area contributed by atoms with E-state index in [0.29, 0.717) is 100 Å². The number of hydrogen-bond acceptors (Lipinski definition) is 15. The summed E-state index contributed by atoms with van der Waals surface area (Å²) in [5.74, 6) is 13.5. The van der Waals surface area contributed by atoms with Crippen LogP contribution in [-0.4, -0.2) is 93.8 Å². The van der Waals surface area contributed by atoms with Crippen molar-refractivity contribution in [1.82, 2.24) is 0 Å². The molecule has 0 amide bonds. The van der Waals surface area contributed by atoms with Gasteiger partial charge in [0.15, 0.2) is 20.4 Å². The van der Waals surface area contributed by atoms with Crippen LogP contribution in [0.25, 0.3) is 0 Å². The minimum absolute atomic E-state index is 0. The van der Waals surface area contributed by atoms with E-state index in [0.717, 1.165) is 139 Å². The molecule has 24 atom stereocenters. The van der Waals surface area contributed by atoms with E-state index in [4.69, 9.17) is 42.6 Å². The fourth-order valence-electron chi connectivity index (χ4n) is 27.4.